The minimum Gasteiger partial charge on any atom is -0.378 e. The van der Waals surface area contributed by atoms with E-state index in [-0.39, 0.29) is 16.7 Å². The van der Waals surface area contributed by atoms with Crippen molar-refractivity contribution >= 4 is 11.5 Å². The zero-order valence-electron chi connectivity index (χ0n) is 13.5. The molecule has 0 unspecified atom stereocenters. The van der Waals surface area contributed by atoms with Gasteiger partial charge in [-0.05, 0) is 30.9 Å². The third kappa shape index (κ3) is 4.08. The van der Waals surface area contributed by atoms with E-state index in [1.165, 1.54) is 11.6 Å². The molecule has 0 aliphatic carbocycles. The highest BCUT2D eigenvalue weighted by molar-refractivity contribution is 5.57. The van der Waals surface area contributed by atoms with Gasteiger partial charge in [-0.3, -0.25) is 10.1 Å². The number of nitro groups is 1. The highest BCUT2D eigenvalue weighted by Gasteiger charge is 2.25. The molecule has 0 N–H and O–H groups in total. The first-order chi connectivity index (χ1) is 11.7. The summed E-state index contributed by atoms with van der Waals surface area (Å²) in [6.45, 7) is 2.17. The van der Waals surface area contributed by atoms with Crippen molar-refractivity contribution in [3.8, 4) is 0 Å². The molecule has 6 heteroatoms. The Kier molecular flexibility index (Phi) is 5.38. The number of hydrogen-bond donors (Lipinski definition) is 0. The minimum absolute atomic E-state index is 0.0703. The van der Waals surface area contributed by atoms with Crippen LogP contribution < -0.4 is 4.90 Å². The van der Waals surface area contributed by atoms with Crippen LogP contribution in [0.2, 0.25) is 0 Å². The number of benzene rings is 1. The number of pyridine rings is 1. The molecule has 0 spiro atoms. The van der Waals surface area contributed by atoms with Gasteiger partial charge in [0.15, 0.2) is 0 Å². The monoisotopic (exact) mass is 327 g/mol. The molecule has 1 aromatic heterocycles. The first-order valence-corrected chi connectivity index (χ1v) is 8.24. The number of aromatic nitrogens is 1. The summed E-state index contributed by atoms with van der Waals surface area (Å²) in [5.41, 5.74) is 1.35. The second kappa shape index (κ2) is 7.88. The summed E-state index contributed by atoms with van der Waals surface area (Å²) in [5.74, 6) is 0.463. The van der Waals surface area contributed by atoms with Gasteiger partial charge < -0.3 is 9.64 Å². The fourth-order valence-corrected chi connectivity index (χ4v) is 3.00. The second-order valence-corrected chi connectivity index (χ2v) is 5.90. The lowest BCUT2D eigenvalue weighted by Crippen LogP contribution is -2.38. The van der Waals surface area contributed by atoms with Gasteiger partial charge in [-0.2, -0.15) is 0 Å². The van der Waals surface area contributed by atoms with E-state index in [0.29, 0.717) is 12.4 Å². The van der Waals surface area contributed by atoms with Crippen molar-refractivity contribution in [3.63, 3.8) is 0 Å². The SMILES string of the molecule is O=[N+]([O-])c1cccnc1N1CCC(OCCc2ccccc2)CC1. The average molecular weight is 327 g/mol. The summed E-state index contributed by atoms with van der Waals surface area (Å²) in [6, 6.07) is 13.4. The third-order valence-corrected chi connectivity index (χ3v) is 4.29. The predicted molar refractivity (Wildman–Crippen MR) is 92.2 cm³/mol. The molecule has 1 fully saturated rings. The van der Waals surface area contributed by atoms with Gasteiger partial charge in [-0.15, -0.1) is 0 Å². The molecule has 0 radical (unpaired) electrons. The third-order valence-electron chi connectivity index (χ3n) is 4.29. The molecule has 0 saturated carbocycles. The van der Waals surface area contributed by atoms with Gasteiger partial charge in [0.2, 0.25) is 5.82 Å². The Morgan fingerprint density at radius 3 is 2.62 bits per heavy atom. The summed E-state index contributed by atoms with van der Waals surface area (Å²) in [6.07, 6.45) is 4.45. The molecule has 1 aliphatic heterocycles. The molecule has 126 valence electrons. The van der Waals surface area contributed by atoms with Gasteiger partial charge in [0.25, 0.3) is 0 Å². The Balaban J connectivity index is 1.48. The molecular formula is C18H21N3O3. The van der Waals surface area contributed by atoms with E-state index in [9.17, 15) is 10.1 Å². The molecule has 2 heterocycles. The zero-order chi connectivity index (χ0) is 16.8. The van der Waals surface area contributed by atoms with Crippen molar-refractivity contribution in [3.05, 3.63) is 64.3 Å². The molecule has 0 atom stereocenters. The molecule has 0 bridgehead atoms. The van der Waals surface area contributed by atoms with Gasteiger partial charge in [-0.1, -0.05) is 30.3 Å². The Bertz CT molecular complexity index is 670. The van der Waals surface area contributed by atoms with Crippen LogP contribution in [0.4, 0.5) is 11.5 Å². The van der Waals surface area contributed by atoms with Crippen molar-refractivity contribution < 1.29 is 9.66 Å². The Morgan fingerprint density at radius 1 is 1.17 bits per heavy atom. The quantitative estimate of drug-likeness (QED) is 0.602. The van der Waals surface area contributed by atoms with Crippen LogP contribution in [-0.4, -0.2) is 35.7 Å². The van der Waals surface area contributed by atoms with E-state index < -0.39 is 0 Å². The van der Waals surface area contributed by atoms with Crippen molar-refractivity contribution in [2.24, 2.45) is 0 Å². The summed E-state index contributed by atoms with van der Waals surface area (Å²) in [5, 5.41) is 11.1. The Labute approximate surface area is 141 Å². The number of ether oxygens (including phenoxy) is 1. The maximum atomic E-state index is 11.1. The first-order valence-electron chi connectivity index (χ1n) is 8.24. The predicted octanol–water partition coefficient (Wildman–Crippen LogP) is 3.22. The number of hydrogen-bond acceptors (Lipinski definition) is 5. The van der Waals surface area contributed by atoms with Gasteiger partial charge >= 0.3 is 5.69 Å². The number of anilines is 1. The van der Waals surface area contributed by atoms with E-state index >= 15 is 0 Å². The maximum absolute atomic E-state index is 11.1. The molecule has 2 aromatic rings. The lowest BCUT2D eigenvalue weighted by Gasteiger charge is -2.32. The standard InChI is InChI=1S/C18H21N3O3/c22-21(23)17-7-4-11-19-18(17)20-12-8-16(9-13-20)24-14-10-15-5-2-1-3-6-15/h1-7,11,16H,8-10,12-14H2. The summed E-state index contributed by atoms with van der Waals surface area (Å²) in [4.78, 5) is 16.9. The fraction of sp³-hybridized carbons (Fsp3) is 0.389. The van der Waals surface area contributed by atoms with Gasteiger partial charge in [0, 0.05) is 25.4 Å². The summed E-state index contributed by atoms with van der Waals surface area (Å²) >= 11 is 0. The zero-order valence-corrected chi connectivity index (χ0v) is 13.5. The van der Waals surface area contributed by atoms with E-state index in [4.69, 9.17) is 4.74 Å². The van der Waals surface area contributed by atoms with Crippen LogP contribution in [0.15, 0.2) is 48.7 Å². The van der Waals surface area contributed by atoms with Crippen molar-refractivity contribution in [2.75, 3.05) is 24.6 Å². The Morgan fingerprint density at radius 2 is 1.92 bits per heavy atom. The molecule has 24 heavy (non-hydrogen) atoms. The van der Waals surface area contributed by atoms with Crippen LogP contribution in [0.25, 0.3) is 0 Å². The van der Waals surface area contributed by atoms with E-state index in [1.54, 1.807) is 12.3 Å². The van der Waals surface area contributed by atoms with Crippen LogP contribution in [0.5, 0.6) is 0 Å². The largest absolute Gasteiger partial charge is 0.378 e. The van der Waals surface area contributed by atoms with Crippen LogP contribution in [-0.2, 0) is 11.2 Å². The normalized spacial score (nSPS) is 15.4. The minimum atomic E-state index is -0.370. The lowest BCUT2D eigenvalue weighted by molar-refractivity contribution is -0.384. The van der Waals surface area contributed by atoms with Crippen LogP contribution in [0.3, 0.4) is 0 Å². The first kappa shape index (κ1) is 16.4. The van der Waals surface area contributed by atoms with Gasteiger partial charge in [0.05, 0.1) is 17.6 Å². The molecule has 1 aromatic carbocycles. The van der Waals surface area contributed by atoms with Crippen LogP contribution >= 0.6 is 0 Å². The van der Waals surface area contributed by atoms with Crippen molar-refractivity contribution in [2.45, 2.75) is 25.4 Å². The average Bonchev–Trinajstić information content (AvgIpc) is 2.63. The lowest BCUT2D eigenvalue weighted by atomic mass is 10.1. The van der Waals surface area contributed by atoms with E-state index in [0.717, 1.165) is 32.4 Å². The van der Waals surface area contributed by atoms with Crippen molar-refractivity contribution in [1.82, 2.24) is 4.98 Å². The number of piperidine rings is 1. The molecular weight excluding hydrogens is 306 g/mol. The molecule has 3 rings (SSSR count). The molecule has 0 amide bonds. The molecule has 1 saturated heterocycles. The topological polar surface area (TPSA) is 68.5 Å². The van der Waals surface area contributed by atoms with Crippen LogP contribution in [0, 0.1) is 10.1 Å². The number of rotatable bonds is 6. The van der Waals surface area contributed by atoms with E-state index in [2.05, 4.69) is 17.1 Å². The Hall–Kier alpha value is -2.47. The number of nitrogens with zero attached hydrogens (tertiary/aromatic N) is 3. The summed E-state index contributed by atoms with van der Waals surface area (Å²) in [7, 11) is 0. The van der Waals surface area contributed by atoms with Crippen LogP contribution in [0.1, 0.15) is 18.4 Å². The fourth-order valence-electron chi connectivity index (χ4n) is 3.00. The van der Waals surface area contributed by atoms with Crippen molar-refractivity contribution in [1.29, 1.82) is 0 Å². The smallest absolute Gasteiger partial charge is 0.311 e. The molecule has 1 aliphatic rings. The van der Waals surface area contributed by atoms with Gasteiger partial charge in [-0.25, -0.2) is 4.98 Å². The molecule has 6 nitrogen and oxygen atoms in total. The summed E-state index contributed by atoms with van der Waals surface area (Å²) < 4.78 is 5.97. The van der Waals surface area contributed by atoms with Gasteiger partial charge in [0.1, 0.15) is 0 Å². The maximum Gasteiger partial charge on any atom is 0.311 e. The highest BCUT2D eigenvalue weighted by atomic mass is 16.6. The van der Waals surface area contributed by atoms with E-state index in [1.807, 2.05) is 23.1 Å². The highest BCUT2D eigenvalue weighted by Crippen LogP contribution is 2.28. The second-order valence-electron chi connectivity index (χ2n) is 5.90.